The van der Waals surface area contributed by atoms with Gasteiger partial charge in [-0.2, -0.15) is 0 Å². The number of carbonyl (C=O) groups is 1. The van der Waals surface area contributed by atoms with Crippen LogP contribution in [0.3, 0.4) is 0 Å². The average molecular weight is 302 g/mol. The molecule has 2 N–H and O–H groups in total. The molecule has 2 amide bonds. The molecule has 120 valence electrons. The van der Waals surface area contributed by atoms with Gasteiger partial charge < -0.3 is 15.4 Å². The lowest BCUT2D eigenvalue weighted by atomic mass is 9.60. The van der Waals surface area contributed by atoms with Crippen LogP contribution in [-0.2, 0) is 4.74 Å². The Morgan fingerprint density at radius 2 is 1.86 bits per heavy atom. The number of rotatable bonds is 3. The SMILES string of the molecule is CC(C)c1ccc(NC(=O)NC2CCC23CCOCC3)cc1. The number of benzene rings is 1. The molecule has 2 fully saturated rings. The molecule has 1 unspecified atom stereocenters. The molecule has 1 aliphatic carbocycles. The third kappa shape index (κ3) is 3.12. The van der Waals surface area contributed by atoms with E-state index in [1.807, 2.05) is 12.1 Å². The molecule has 2 aliphatic rings. The number of ether oxygens (including phenoxy) is 1. The zero-order valence-electron chi connectivity index (χ0n) is 13.5. The Morgan fingerprint density at radius 1 is 1.18 bits per heavy atom. The summed E-state index contributed by atoms with van der Waals surface area (Å²) in [4.78, 5) is 12.2. The zero-order valence-corrected chi connectivity index (χ0v) is 13.5. The van der Waals surface area contributed by atoms with Crippen LogP contribution >= 0.6 is 0 Å². The Kier molecular flexibility index (Phi) is 4.39. The summed E-state index contributed by atoms with van der Waals surface area (Å²) in [6, 6.07) is 8.30. The molecular weight excluding hydrogens is 276 g/mol. The molecule has 1 heterocycles. The smallest absolute Gasteiger partial charge is 0.319 e. The first-order valence-corrected chi connectivity index (χ1v) is 8.34. The lowest BCUT2D eigenvalue weighted by molar-refractivity contribution is -0.0507. The third-order valence-corrected chi connectivity index (χ3v) is 5.30. The zero-order chi connectivity index (χ0) is 15.6. The summed E-state index contributed by atoms with van der Waals surface area (Å²) in [6.45, 7) is 5.99. The van der Waals surface area contributed by atoms with Gasteiger partial charge in [0, 0.05) is 24.9 Å². The van der Waals surface area contributed by atoms with Crippen LogP contribution in [0.1, 0.15) is 51.0 Å². The van der Waals surface area contributed by atoms with Crippen LogP contribution in [0.2, 0.25) is 0 Å². The number of amides is 2. The summed E-state index contributed by atoms with van der Waals surface area (Å²) < 4.78 is 5.45. The Balaban J connectivity index is 1.54. The van der Waals surface area contributed by atoms with Crippen molar-refractivity contribution in [3.8, 4) is 0 Å². The molecule has 1 spiro atoms. The predicted octanol–water partition coefficient (Wildman–Crippen LogP) is 3.89. The molecule has 4 heteroatoms. The standard InChI is InChI=1S/C18H26N2O2/c1-13(2)14-3-5-15(6-4-14)19-17(21)20-16-7-8-18(16)9-11-22-12-10-18/h3-6,13,16H,7-12H2,1-2H3,(H2,19,20,21). The molecule has 0 radical (unpaired) electrons. The maximum absolute atomic E-state index is 12.2. The van der Waals surface area contributed by atoms with Gasteiger partial charge in [-0.1, -0.05) is 26.0 Å². The summed E-state index contributed by atoms with van der Waals surface area (Å²) in [7, 11) is 0. The van der Waals surface area contributed by atoms with E-state index in [0.29, 0.717) is 12.0 Å². The van der Waals surface area contributed by atoms with E-state index in [1.54, 1.807) is 0 Å². The van der Waals surface area contributed by atoms with Crippen LogP contribution in [0, 0.1) is 5.41 Å². The van der Waals surface area contributed by atoms with Crippen molar-refractivity contribution in [2.45, 2.75) is 51.5 Å². The fraction of sp³-hybridized carbons (Fsp3) is 0.611. The summed E-state index contributed by atoms with van der Waals surface area (Å²) >= 11 is 0. The summed E-state index contributed by atoms with van der Waals surface area (Å²) in [5.74, 6) is 0.506. The summed E-state index contributed by atoms with van der Waals surface area (Å²) in [5.41, 5.74) is 2.42. The van der Waals surface area contributed by atoms with Crippen molar-refractivity contribution in [2.75, 3.05) is 18.5 Å². The third-order valence-electron chi connectivity index (χ3n) is 5.30. The van der Waals surface area contributed by atoms with E-state index in [9.17, 15) is 4.79 Å². The van der Waals surface area contributed by atoms with Crippen molar-refractivity contribution in [3.63, 3.8) is 0 Å². The lowest BCUT2D eigenvalue weighted by Gasteiger charge is -2.51. The number of hydrogen-bond donors (Lipinski definition) is 2. The first-order chi connectivity index (χ1) is 10.6. The van der Waals surface area contributed by atoms with Gasteiger partial charge in [0.2, 0.25) is 0 Å². The molecule has 1 aromatic rings. The number of hydrogen-bond acceptors (Lipinski definition) is 2. The van der Waals surface area contributed by atoms with E-state index >= 15 is 0 Å². The maximum Gasteiger partial charge on any atom is 0.319 e. The van der Waals surface area contributed by atoms with Gasteiger partial charge >= 0.3 is 6.03 Å². The molecule has 1 aromatic carbocycles. The van der Waals surface area contributed by atoms with Crippen molar-refractivity contribution in [1.82, 2.24) is 5.32 Å². The molecule has 1 saturated carbocycles. The highest BCUT2D eigenvalue weighted by Gasteiger charge is 2.47. The predicted molar refractivity (Wildman–Crippen MR) is 88.2 cm³/mol. The second kappa shape index (κ2) is 6.29. The minimum Gasteiger partial charge on any atom is -0.381 e. The van der Waals surface area contributed by atoms with Gasteiger partial charge in [0.25, 0.3) is 0 Å². The minimum atomic E-state index is -0.0899. The largest absolute Gasteiger partial charge is 0.381 e. The molecule has 3 rings (SSSR count). The summed E-state index contributed by atoms with van der Waals surface area (Å²) in [6.07, 6.45) is 4.44. The van der Waals surface area contributed by atoms with Gasteiger partial charge in [-0.25, -0.2) is 4.79 Å². The topological polar surface area (TPSA) is 50.4 Å². The average Bonchev–Trinajstić information content (AvgIpc) is 2.53. The van der Waals surface area contributed by atoms with Crippen LogP contribution in [-0.4, -0.2) is 25.3 Å². The molecule has 0 bridgehead atoms. The monoisotopic (exact) mass is 302 g/mol. The number of nitrogens with one attached hydrogen (secondary N) is 2. The lowest BCUT2D eigenvalue weighted by Crippen LogP contribution is -2.57. The molecule has 4 nitrogen and oxygen atoms in total. The molecular formula is C18H26N2O2. The van der Waals surface area contributed by atoms with E-state index < -0.39 is 0 Å². The van der Waals surface area contributed by atoms with Gasteiger partial charge in [-0.05, 0) is 54.7 Å². The van der Waals surface area contributed by atoms with E-state index in [0.717, 1.165) is 38.2 Å². The van der Waals surface area contributed by atoms with Crippen molar-refractivity contribution in [1.29, 1.82) is 0 Å². The highest BCUT2D eigenvalue weighted by Crippen LogP contribution is 2.48. The van der Waals surface area contributed by atoms with E-state index in [2.05, 4.69) is 36.6 Å². The molecule has 1 saturated heterocycles. The Bertz CT molecular complexity index is 518. The van der Waals surface area contributed by atoms with Crippen LogP contribution in [0.15, 0.2) is 24.3 Å². The van der Waals surface area contributed by atoms with Crippen LogP contribution < -0.4 is 10.6 Å². The minimum absolute atomic E-state index is 0.0899. The molecule has 1 aliphatic heterocycles. The van der Waals surface area contributed by atoms with Crippen LogP contribution in [0.25, 0.3) is 0 Å². The highest BCUT2D eigenvalue weighted by atomic mass is 16.5. The fourth-order valence-corrected chi connectivity index (χ4v) is 3.58. The normalized spacial score (nSPS) is 23.1. The van der Waals surface area contributed by atoms with Gasteiger partial charge in [0.05, 0.1) is 0 Å². The van der Waals surface area contributed by atoms with E-state index in [4.69, 9.17) is 4.74 Å². The van der Waals surface area contributed by atoms with Gasteiger partial charge in [-0.3, -0.25) is 0 Å². The fourth-order valence-electron chi connectivity index (χ4n) is 3.58. The first-order valence-electron chi connectivity index (χ1n) is 8.34. The van der Waals surface area contributed by atoms with Gasteiger partial charge in [-0.15, -0.1) is 0 Å². The Morgan fingerprint density at radius 3 is 2.41 bits per heavy atom. The molecule has 1 atom stereocenters. The quantitative estimate of drug-likeness (QED) is 0.890. The number of urea groups is 1. The van der Waals surface area contributed by atoms with Gasteiger partial charge in [0.15, 0.2) is 0 Å². The molecule has 0 aromatic heterocycles. The Labute approximate surface area is 132 Å². The van der Waals surface area contributed by atoms with Crippen LogP contribution in [0.4, 0.5) is 10.5 Å². The molecule has 22 heavy (non-hydrogen) atoms. The van der Waals surface area contributed by atoms with Crippen molar-refractivity contribution >= 4 is 11.7 Å². The highest BCUT2D eigenvalue weighted by molar-refractivity contribution is 5.89. The van der Waals surface area contributed by atoms with Crippen molar-refractivity contribution in [2.24, 2.45) is 5.41 Å². The number of carbonyl (C=O) groups excluding carboxylic acids is 1. The first kappa shape index (κ1) is 15.3. The maximum atomic E-state index is 12.2. The second-order valence-electron chi connectivity index (χ2n) is 6.94. The second-order valence-corrected chi connectivity index (χ2v) is 6.94. The van der Waals surface area contributed by atoms with Crippen molar-refractivity contribution < 1.29 is 9.53 Å². The Hall–Kier alpha value is -1.55. The van der Waals surface area contributed by atoms with Crippen molar-refractivity contribution in [3.05, 3.63) is 29.8 Å². The number of anilines is 1. The van der Waals surface area contributed by atoms with Crippen LogP contribution in [0.5, 0.6) is 0 Å². The van der Waals surface area contributed by atoms with E-state index in [-0.39, 0.29) is 11.4 Å². The van der Waals surface area contributed by atoms with Gasteiger partial charge in [0.1, 0.15) is 0 Å². The summed E-state index contributed by atoms with van der Waals surface area (Å²) in [5, 5.41) is 6.11. The van der Waals surface area contributed by atoms with E-state index in [1.165, 1.54) is 12.0 Å².